The number of rotatable bonds is 1. The molecular weight excluding hydrogens is 144 g/mol. The summed E-state index contributed by atoms with van der Waals surface area (Å²) in [7, 11) is 0. The highest BCUT2D eigenvalue weighted by molar-refractivity contribution is 5.03. The second-order valence-corrected chi connectivity index (χ2v) is 3.83. The van der Waals surface area contributed by atoms with Gasteiger partial charge in [0.25, 0.3) is 0 Å². The molecule has 72 valence electrons. The van der Waals surface area contributed by atoms with E-state index in [4.69, 9.17) is 0 Å². The molecule has 0 saturated carbocycles. The van der Waals surface area contributed by atoms with Gasteiger partial charge in [-0.05, 0) is 38.0 Å². The van der Waals surface area contributed by atoms with E-state index in [0.29, 0.717) is 0 Å². The molecule has 0 amide bonds. The van der Waals surface area contributed by atoms with Gasteiger partial charge in [0.05, 0.1) is 0 Å². The largest absolute Gasteiger partial charge is 0.0853 e. The van der Waals surface area contributed by atoms with E-state index in [1.165, 1.54) is 19.3 Å². The topological polar surface area (TPSA) is 0 Å². The van der Waals surface area contributed by atoms with E-state index in [9.17, 15) is 0 Å². The van der Waals surface area contributed by atoms with E-state index in [0.717, 1.165) is 11.8 Å². The molecule has 0 N–H and O–H groups in total. The Kier molecular flexibility index (Phi) is 6.14. The third kappa shape index (κ3) is 3.94. The van der Waals surface area contributed by atoms with E-state index in [-0.39, 0.29) is 0 Å². The van der Waals surface area contributed by atoms with Gasteiger partial charge in [-0.3, -0.25) is 0 Å². The fraction of sp³-hybridized carbons (Fsp3) is 0.833. The fourth-order valence-corrected chi connectivity index (χ4v) is 1.59. The number of hydrogen-bond acceptors (Lipinski definition) is 0. The van der Waals surface area contributed by atoms with Crippen LogP contribution in [0.2, 0.25) is 0 Å². The Hall–Kier alpha value is -0.260. The Bertz CT molecular complexity index is 131. The van der Waals surface area contributed by atoms with Gasteiger partial charge in [-0.1, -0.05) is 39.3 Å². The highest BCUT2D eigenvalue weighted by atomic mass is 14.2. The molecule has 0 heterocycles. The summed E-state index contributed by atoms with van der Waals surface area (Å²) >= 11 is 0. The summed E-state index contributed by atoms with van der Waals surface area (Å²) in [5.41, 5.74) is 1.59. The van der Waals surface area contributed by atoms with Crippen LogP contribution in [0, 0.1) is 11.8 Å². The zero-order valence-corrected chi connectivity index (χ0v) is 9.35. The van der Waals surface area contributed by atoms with Crippen molar-refractivity contribution in [3.05, 3.63) is 11.6 Å². The van der Waals surface area contributed by atoms with Gasteiger partial charge in [-0.25, -0.2) is 0 Å². The molecule has 1 aliphatic carbocycles. The highest BCUT2D eigenvalue weighted by Gasteiger charge is 2.14. The van der Waals surface area contributed by atoms with Crippen molar-refractivity contribution in [1.29, 1.82) is 0 Å². The molecule has 0 aliphatic heterocycles. The van der Waals surface area contributed by atoms with Crippen LogP contribution in [-0.4, -0.2) is 0 Å². The van der Waals surface area contributed by atoms with E-state index in [2.05, 4.69) is 26.8 Å². The Labute approximate surface area is 78.1 Å². The maximum Gasteiger partial charge on any atom is -0.0317 e. The Balaban J connectivity index is 0.000000561. The van der Waals surface area contributed by atoms with Crippen LogP contribution in [0.15, 0.2) is 11.6 Å². The molecular formula is C12H24. The molecule has 1 unspecified atom stereocenters. The van der Waals surface area contributed by atoms with Crippen molar-refractivity contribution < 1.29 is 0 Å². The van der Waals surface area contributed by atoms with Crippen LogP contribution in [0.4, 0.5) is 0 Å². The first-order valence-corrected chi connectivity index (χ1v) is 5.36. The van der Waals surface area contributed by atoms with Crippen LogP contribution in [0.3, 0.4) is 0 Å². The van der Waals surface area contributed by atoms with E-state index in [1.54, 1.807) is 5.57 Å². The second kappa shape index (κ2) is 6.28. The van der Waals surface area contributed by atoms with Crippen LogP contribution in [-0.2, 0) is 0 Å². The zero-order valence-electron chi connectivity index (χ0n) is 9.35. The van der Waals surface area contributed by atoms with Gasteiger partial charge in [-0.15, -0.1) is 0 Å². The average Bonchev–Trinajstić information content (AvgIpc) is 2.09. The predicted molar refractivity (Wildman–Crippen MR) is 57.3 cm³/mol. The summed E-state index contributed by atoms with van der Waals surface area (Å²) in [6.45, 7) is 10.9. The highest BCUT2D eigenvalue weighted by Crippen LogP contribution is 2.28. The molecule has 0 bridgehead atoms. The maximum absolute atomic E-state index is 2.41. The lowest BCUT2D eigenvalue weighted by molar-refractivity contribution is 0.350. The maximum atomic E-state index is 2.41. The standard InChI is InChI=1S/C10H18.C2H6/c1-8(2)10-6-4-9(3)5-7-10;1-2/h4,8,10H,5-7H2,1-3H3;1-2H3. The third-order valence-corrected chi connectivity index (χ3v) is 2.62. The van der Waals surface area contributed by atoms with Crippen LogP contribution in [0.5, 0.6) is 0 Å². The molecule has 1 aliphatic rings. The number of allylic oxidation sites excluding steroid dienone is 2. The van der Waals surface area contributed by atoms with Crippen LogP contribution < -0.4 is 0 Å². The molecule has 0 spiro atoms. The van der Waals surface area contributed by atoms with E-state index in [1.807, 2.05) is 13.8 Å². The number of hydrogen-bond donors (Lipinski definition) is 0. The monoisotopic (exact) mass is 168 g/mol. The SMILES string of the molecule is CC.CC1=CCC(C(C)C)CC1. The molecule has 0 fully saturated rings. The van der Waals surface area contributed by atoms with Crippen LogP contribution in [0.25, 0.3) is 0 Å². The molecule has 0 nitrogen and oxygen atoms in total. The Morgan fingerprint density at radius 1 is 1.33 bits per heavy atom. The van der Waals surface area contributed by atoms with Gasteiger partial charge in [0.1, 0.15) is 0 Å². The lowest BCUT2D eigenvalue weighted by Gasteiger charge is -2.23. The van der Waals surface area contributed by atoms with Gasteiger partial charge in [0.2, 0.25) is 0 Å². The fourth-order valence-electron chi connectivity index (χ4n) is 1.59. The Morgan fingerprint density at radius 2 is 1.92 bits per heavy atom. The minimum atomic E-state index is 0.879. The molecule has 1 rings (SSSR count). The average molecular weight is 168 g/mol. The van der Waals surface area contributed by atoms with Gasteiger partial charge in [-0.2, -0.15) is 0 Å². The predicted octanol–water partition coefficient (Wildman–Crippen LogP) is 4.42. The summed E-state index contributed by atoms with van der Waals surface area (Å²) in [5.74, 6) is 1.84. The first-order valence-electron chi connectivity index (χ1n) is 5.36. The summed E-state index contributed by atoms with van der Waals surface area (Å²) in [6.07, 6.45) is 6.49. The summed E-state index contributed by atoms with van der Waals surface area (Å²) in [4.78, 5) is 0. The first kappa shape index (κ1) is 11.7. The van der Waals surface area contributed by atoms with Crippen molar-refractivity contribution in [1.82, 2.24) is 0 Å². The van der Waals surface area contributed by atoms with Gasteiger partial charge in [0.15, 0.2) is 0 Å². The molecule has 0 aromatic heterocycles. The lowest BCUT2D eigenvalue weighted by atomic mass is 9.83. The lowest BCUT2D eigenvalue weighted by Crippen LogP contribution is -2.10. The third-order valence-electron chi connectivity index (χ3n) is 2.62. The molecule has 0 aromatic carbocycles. The molecule has 0 saturated heterocycles. The second-order valence-electron chi connectivity index (χ2n) is 3.83. The normalized spacial score (nSPS) is 22.8. The van der Waals surface area contributed by atoms with Crippen LogP contribution >= 0.6 is 0 Å². The van der Waals surface area contributed by atoms with Gasteiger partial charge in [0, 0.05) is 0 Å². The Morgan fingerprint density at radius 3 is 2.25 bits per heavy atom. The van der Waals surface area contributed by atoms with Crippen molar-refractivity contribution in [2.75, 3.05) is 0 Å². The van der Waals surface area contributed by atoms with Gasteiger partial charge < -0.3 is 0 Å². The zero-order chi connectivity index (χ0) is 9.56. The minimum absolute atomic E-state index is 0.879. The van der Waals surface area contributed by atoms with E-state index < -0.39 is 0 Å². The smallest absolute Gasteiger partial charge is 0.0317 e. The molecule has 0 aromatic rings. The van der Waals surface area contributed by atoms with Crippen molar-refractivity contribution in [2.45, 2.75) is 53.9 Å². The minimum Gasteiger partial charge on any atom is -0.0853 e. The van der Waals surface area contributed by atoms with Gasteiger partial charge >= 0.3 is 0 Å². The molecule has 12 heavy (non-hydrogen) atoms. The van der Waals surface area contributed by atoms with Crippen molar-refractivity contribution in [3.8, 4) is 0 Å². The quantitative estimate of drug-likeness (QED) is 0.509. The molecule has 1 atom stereocenters. The first-order chi connectivity index (χ1) is 5.70. The van der Waals surface area contributed by atoms with Crippen molar-refractivity contribution in [2.24, 2.45) is 11.8 Å². The summed E-state index contributed by atoms with van der Waals surface area (Å²) in [5, 5.41) is 0. The van der Waals surface area contributed by atoms with Crippen molar-refractivity contribution in [3.63, 3.8) is 0 Å². The van der Waals surface area contributed by atoms with E-state index >= 15 is 0 Å². The molecule has 0 radical (unpaired) electrons. The molecule has 0 heteroatoms. The van der Waals surface area contributed by atoms with Crippen LogP contribution in [0.1, 0.15) is 53.9 Å². The summed E-state index contributed by atoms with van der Waals surface area (Å²) < 4.78 is 0. The van der Waals surface area contributed by atoms with Crippen molar-refractivity contribution >= 4 is 0 Å². The summed E-state index contributed by atoms with van der Waals surface area (Å²) in [6, 6.07) is 0.